The number of amides is 1. The Morgan fingerprint density at radius 3 is 2.41 bits per heavy atom. The molecule has 0 aliphatic carbocycles. The molecule has 2 aromatic carbocycles. The van der Waals surface area contributed by atoms with E-state index in [4.69, 9.17) is 16.3 Å². The van der Waals surface area contributed by atoms with E-state index in [-0.39, 0.29) is 11.6 Å². The largest absolute Gasteiger partial charge is 0.573 e. The van der Waals surface area contributed by atoms with E-state index in [1.54, 1.807) is 24.3 Å². The molecule has 1 aliphatic heterocycles. The van der Waals surface area contributed by atoms with Gasteiger partial charge in [-0.15, -0.1) is 13.2 Å². The fraction of sp³-hybridized carbons (Fsp3) is 0.316. The lowest BCUT2D eigenvalue weighted by atomic mass is 9.73. The van der Waals surface area contributed by atoms with Crippen molar-refractivity contribution in [3.05, 3.63) is 59.1 Å². The number of hydrogen-bond donors (Lipinski definition) is 1. The molecule has 1 heterocycles. The monoisotopic (exact) mass is 399 g/mol. The van der Waals surface area contributed by atoms with Gasteiger partial charge in [0.2, 0.25) is 5.91 Å². The molecule has 1 amide bonds. The Balaban J connectivity index is 1.85. The molecular formula is C19H17ClF3NO3. The van der Waals surface area contributed by atoms with Crippen molar-refractivity contribution in [2.75, 3.05) is 18.5 Å². The van der Waals surface area contributed by atoms with Gasteiger partial charge in [-0.25, -0.2) is 0 Å². The van der Waals surface area contributed by atoms with E-state index in [1.165, 1.54) is 18.2 Å². The maximum absolute atomic E-state index is 13.1. The average Bonchev–Trinajstić information content (AvgIpc) is 2.61. The zero-order valence-electron chi connectivity index (χ0n) is 14.2. The Labute approximate surface area is 159 Å². The predicted molar refractivity (Wildman–Crippen MR) is 94.9 cm³/mol. The number of halogens is 4. The van der Waals surface area contributed by atoms with Crippen LogP contribution in [0.25, 0.3) is 0 Å². The van der Waals surface area contributed by atoms with Crippen molar-refractivity contribution in [1.82, 2.24) is 0 Å². The lowest BCUT2D eigenvalue weighted by molar-refractivity contribution is -0.274. The number of benzene rings is 2. The smallest absolute Gasteiger partial charge is 0.406 e. The molecule has 0 radical (unpaired) electrons. The van der Waals surface area contributed by atoms with Gasteiger partial charge in [0.05, 0.1) is 5.41 Å². The van der Waals surface area contributed by atoms with Crippen LogP contribution in [0, 0.1) is 0 Å². The van der Waals surface area contributed by atoms with E-state index >= 15 is 0 Å². The van der Waals surface area contributed by atoms with Gasteiger partial charge in [0.1, 0.15) is 5.75 Å². The Hall–Kier alpha value is -2.25. The van der Waals surface area contributed by atoms with Crippen molar-refractivity contribution in [2.45, 2.75) is 24.6 Å². The molecule has 144 valence electrons. The maximum atomic E-state index is 13.1. The minimum Gasteiger partial charge on any atom is -0.406 e. The molecule has 0 unspecified atom stereocenters. The Bertz CT molecular complexity index is 803. The number of ether oxygens (including phenoxy) is 2. The molecule has 0 aromatic heterocycles. The highest BCUT2D eigenvalue weighted by atomic mass is 35.5. The Kier molecular flexibility index (Phi) is 5.62. The molecule has 1 saturated heterocycles. The van der Waals surface area contributed by atoms with Gasteiger partial charge < -0.3 is 14.8 Å². The molecule has 1 fully saturated rings. The van der Waals surface area contributed by atoms with Crippen molar-refractivity contribution in [1.29, 1.82) is 0 Å². The third kappa shape index (κ3) is 4.73. The fourth-order valence-electron chi connectivity index (χ4n) is 3.16. The minimum absolute atomic E-state index is 0.224. The van der Waals surface area contributed by atoms with E-state index < -0.39 is 17.5 Å². The molecule has 0 bridgehead atoms. The topological polar surface area (TPSA) is 47.6 Å². The third-order valence-electron chi connectivity index (χ3n) is 4.50. The first-order valence-corrected chi connectivity index (χ1v) is 8.67. The second kappa shape index (κ2) is 7.78. The first-order valence-electron chi connectivity index (χ1n) is 8.30. The number of carbonyl (C=O) groups is 1. The summed E-state index contributed by atoms with van der Waals surface area (Å²) in [6.07, 6.45) is -3.88. The van der Waals surface area contributed by atoms with E-state index in [2.05, 4.69) is 10.1 Å². The molecule has 27 heavy (non-hydrogen) atoms. The maximum Gasteiger partial charge on any atom is 0.573 e. The minimum atomic E-state index is -4.80. The van der Waals surface area contributed by atoms with Gasteiger partial charge in [0, 0.05) is 30.0 Å². The summed E-state index contributed by atoms with van der Waals surface area (Å²) in [5.74, 6) is -0.704. The third-order valence-corrected chi connectivity index (χ3v) is 4.76. The molecule has 4 nitrogen and oxygen atoms in total. The van der Waals surface area contributed by atoms with Gasteiger partial charge in [-0.05, 0) is 42.7 Å². The standard InChI is InChI=1S/C19H17ClF3NO3/c20-14-6-4-13(5-7-14)18(8-10-26-11-9-18)17(25)24-15-2-1-3-16(12-15)27-19(21,22)23/h1-7,12H,8-11H2,(H,24,25). The number of anilines is 1. The van der Waals surface area contributed by atoms with E-state index in [9.17, 15) is 18.0 Å². The molecule has 1 aliphatic rings. The summed E-state index contributed by atoms with van der Waals surface area (Å²) < 4.78 is 46.5. The molecule has 0 saturated carbocycles. The molecular weight excluding hydrogens is 383 g/mol. The number of nitrogens with one attached hydrogen (secondary N) is 1. The van der Waals surface area contributed by atoms with Gasteiger partial charge in [-0.3, -0.25) is 4.79 Å². The second-order valence-electron chi connectivity index (χ2n) is 6.23. The molecule has 0 spiro atoms. The molecule has 2 aromatic rings. The highest BCUT2D eigenvalue weighted by Gasteiger charge is 2.41. The van der Waals surface area contributed by atoms with E-state index in [0.717, 1.165) is 11.6 Å². The SMILES string of the molecule is O=C(Nc1cccc(OC(F)(F)F)c1)C1(c2ccc(Cl)cc2)CCOCC1. The van der Waals surface area contributed by atoms with Gasteiger partial charge in [-0.1, -0.05) is 29.8 Å². The second-order valence-corrected chi connectivity index (χ2v) is 6.67. The summed E-state index contributed by atoms with van der Waals surface area (Å²) in [4.78, 5) is 13.1. The van der Waals surface area contributed by atoms with Gasteiger partial charge in [0.15, 0.2) is 0 Å². The van der Waals surface area contributed by atoms with Crippen LogP contribution in [0.4, 0.5) is 18.9 Å². The van der Waals surface area contributed by atoms with Crippen LogP contribution in [0.3, 0.4) is 0 Å². The average molecular weight is 400 g/mol. The van der Waals surface area contributed by atoms with Crippen LogP contribution in [-0.2, 0) is 14.9 Å². The van der Waals surface area contributed by atoms with Crippen molar-refractivity contribution in [2.24, 2.45) is 0 Å². The van der Waals surface area contributed by atoms with Gasteiger partial charge in [0.25, 0.3) is 0 Å². The molecule has 8 heteroatoms. The van der Waals surface area contributed by atoms with Crippen LogP contribution in [0.1, 0.15) is 18.4 Å². The summed E-state index contributed by atoms with van der Waals surface area (Å²) in [5.41, 5.74) is 0.168. The Morgan fingerprint density at radius 2 is 1.78 bits per heavy atom. The van der Waals surface area contributed by atoms with Crippen LogP contribution in [-0.4, -0.2) is 25.5 Å². The van der Waals surface area contributed by atoms with Crippen molar-refractivity contribution < 1.29 is 27.4 Å². The number of hydrogen-bond acceptors (Lipinski definition) is 3. The zero-order valence-corrected chi connectivity index (χ0v) is 14.9. The van der Waals surface area contributed by atoms with Gasteiger partial charge in [-0.2, -0.15) is 0 Å². The first-order chi connectivity index (χ1) is 12.8. The quantitative estimate of drug-likeness (QED) is 0.793. The van der Waals surface area contributed by atoms with Crippen LogP contribution < -0.4 is 10.1 Å². The van der Waals surface area contributed by atoms with Crippen LogP contribution in [0.15, 0.2) is 48.5 Å². The molecule has 0 atom stereocenters. The lowest BCUT2D eigenvalue weighted by Crippen LogP contribution is -2.44. The summed E-state index contributed by atoms with van der Waals surface area (Å²) in [5, 5.41) is 3.27. The molecule has 3 rings (SSSR count). The predicted octanol–water partition coefficient (Wildman–Crippen LogP) is 4.93. The zero-order chi connectivity index (χ0) is 19.5. The highest BCUT2D eigenvalue weighted by Crippen LogP contribution is 2.37. The van der Waals surface area contributed by atoms with E-state index in [1.807, 2.05) is 0 Å². The first kappa shape index (κ1) is 19.5. The summed E-state index contributed by atoms with van der Waals surface area (Å²) >= 11 is 5.94. The van der Waals surface area contributed by atoms with E-state index in [0.29, 0.717) is 31.1 Å². The number of alkyl halides is 3. The van der Waals surface area contributed by atoms with Crippen molar-refractivity contribution >= 4 is 23.2 Å². The van der Waals surface area contributed by atoms with Crippen LogP contribution in [0.2, 0.25) is 5.02 Å². The fourth-order valence-corrected chi connectivity index (χ4v) is 3.28. The molecule has 1 N–H and O–H groups in total. The highest BCUT2D eigenvalue weighted by molar-refractivity contribution is 6.30. The number of carbonyl (C=O) groups excluding carboxylic acids is 1. The number of rotatable bonds is 4. The summed E-state index contributed by atoms with van der Waals surface area (Å²) in [6, 6.07) is 12.2. The van der Waals surface area contributed by atoms with Crippen molar-refractivity contribution in [3.8, 4) is 5.75 Å². The lowest BCUT2D eigenvalue weighted by Gasteiger charge is -2.36. The van der Waals surface area contributed by atoms with Gasteiger partial charge >= 0.3 is 6.36 Å². The summed E-state index contributed by atoms with van der Waals surface area (Å²) in [7, 11) is 0. The van der Waals surface area contributed by atoms with Crippen LogP contribution in [0.5, 0.6) is 5.75 Å². The summed E-state index contributed by atoms with van der Waals surface area (Å²) in [6.45, 7) is 0.820. The van der Waals surface area contributed by atoms with Crippen LogP contribution >= 0.6 is 11.6 Å². The normalized spacial score (nSPS) is 16.6. The van der Waals surface area contributed by atoms with Crippen molar-refractivity contribution in [3.63, 3.8) is 0 Å². The Morgan fingerprint density at radius 1 is 1.11 bits per heavy atom.